The van der Waals surface area contributed by atoms with E-state index in [-0.39, 0.29) is 6.04 Å². The van der Waals surface area contributed by atoms with Gasteiger partial charge in [0.05, 0.1) is 6.04 Å². The number of thioether (sulfide) groups is 1. The molecule has 5 nitrogen and oxygen atoms in total. The molecule has 156 valence electrons. The van der Waals surface area contributed by atoms with E-state index in [1.54, 1.807) is 18.2 Å². The lowest BCUT2D eigenvalue weighted by Gasteiger charge is -2.17. The van der Waals surface area contributed by atoms with Crippen LogP contribution in [0.1, 0.15) is 56.6 Å². The molecule has 1 aromatic rings. The zero-order chi connectivity index (χ0) is 20.4. The minimum Gasteiger partial charge on any atom is -0.477 e. The van der Waals surface area contributed by atoms with Gasteiger partial charge in [-0.25, -0.2) is 9.79 Å². The van der Waals surface area contributed by atoms with Gasteiger partial charge in [-0.15, -0.1) is 0 Å². The molecule has 0 radical (unpaired) electrons. The molecule has 0 saturated heterocycles. The maximum atomic E-state index is 11.2. The SMILES string of the molecule is CSCCCCCCCCC1COC(C(NC(=O)O)c2cc(Cl)cc(Cl)c2)=N1. The van der Waals surface area contributed by atoms with Gasteiger partial charge in [0.1, 0.15) is 12.6 Å². The number of amides is 1. The van der Waals surface area contributed by atoms with E-state index < -0.39 is 12.1 Å². The van der Waals surface area contributed by atoms with Crippen LogP contribution in [0.25, 0.3) is 0 Å². The number of carbonyl (C=O) groups is 1. The summed E-state index contributed by atoms with van der Waals surface area (Å²) in [6.07, 6.45) is 9.39. The second-order valence-electron chi connectivity index (χ2n) is 6.92. The molecular formula is C20H28Cl2N2O3S. The van der Waals surface area contributed by atoms with Crippen LogP contribution < -0.4 is 5.32 Å². The molecule has 0 bridgehead atoms. The van der Waals surface area contributed by atoms with E-state index in [0.717, 1.165) is 12.8 Å². The molecule has 0 aliphatic carbocycles. The monoisotopic (exact) mass is 446 g/mol. The van der Waals surface area contributed by atoms with Gasteiger partial charge in [-0.05, 0) is 48.6 Å². The molecular weight excluding hydrogens is 419 g/mol. The Morgan fingerprint density at radius 1 is 1.21 bits per heavy atom. The summed E-state index contributed by atoms with van der Waals surface area (Å²) in [7, 11) is 0. The van der Waals surface area contributed by atoms with Crippen LogP contribution in [0.5, 0.6) is 0 Å². The number of ether oxygens (including phenoxy) is 1. The molecule has 28 heavy (non-hydrogen) atoms. The molecule has 0 aromatic heterocycles. The first-order chi connectivity index (χ1) is 13.5. The van der Waals surface area contributed by atoms with Crippen molar-refractivity contribution in [1.29, 1.82) is 0 Å². The lowest BCUT2D eigenvalue weighted by Crippen LogP contribution is -2.33. The van der Waals surface area contributed by atoms with Crippen molar-refractivity contribution in [2.24, 2.45) is 4.99 Å². The van der Waals surface area contributed by atoms with Crippen LogP contribution in [-0.4, -0.2) is 41.8 Å². The molecule has 8 heteroatoms. The first-order valence-electron chi connectivity index (χ1n) is 9.64. The van der Waals surface area contributed by atoms with Crippen LogP contribution in [0.2, 0.25) is 10.0 Å². The van der Waals surface area contributed by atoms with Crippen LogP contribution in [0.15, 0.2) is 23.2 Å². The molecule has 2 N–H and O–H groups in total. The Hall–Kier alpha value is -1.11. The van der Waals surface area contributed by atoms with Gasteiger partial charge in [0.25, 0.3) is 0 Å². The average molecular weight is 447 g/mol. The predicted octanol–water partition coefficient (Wildman–Crippen LogP) is 6.19. The number of hydrogen-bond acceptors (Lipinski definition) is 4. The van der Waals surface area contributed by atoms with Crippen LogP contribution in [0.4, 0.5) is 4.79 Å². The summed E-state index contributed by atoms with van der Waals surface area (Å²) in [5.74, 6) is 1.63. The number of benzene rings is 1. The minimum atomic E-state index is -1.16. The summed E-state index contributed by atoms with van der Waals surface area (Å²) in [6, 6.07) is 4.30. The zero-order valence-corrected chi connectivity index (χ0v) is 18.5. The third-order valence-electron chi connectivity index (χ3n) is 4.60. The molecule has 2 unspecified atom stereocenters. The molecule has 0 saturated carbocycles. The number of halogens is 2. The summed E-state index contributed by atoms with van der Waals surface area (Å²) < 4.78 is 5.72. The van der Waals surface area contributed by atoms with Gasteiger partial charge in [-0.3, -0.25) is 0 Å². The van der Waals surface area contributed by atoms with Crippen molar-refractivity contribution in [2.75, 3.05) is 18.6 Å². The van der Waals surface area contributed by atoms with Crippen LogP contribution in [0, 0.1) is 0 Å². The standard InChI is InChI=1S/C20H28Cl2N2O3S/c1-28-9-7-5-3-2-4-6-8-17-13-27-19(23-17)18(24-20(25)26)14-10-15(21)12-16(22)11-14/h10-12,17-18,24H,2-9,13H2,1H3,(H,25,26). The molecule has 2 rings (SSSR count). The minimum absolute atomic E-state index is 0.0687. The van der Waals surface area contributed by atoms with Gasteiger partial charge >= 0.3 is 6.09 Å². The summed E-state index contributed by atoms with van der Waals surface area (Å²) in [6.45, 7) is 0.481. The topological polar surface area (TPSA) is 70.9 Å². The van der Waals surface area contributed by atoms with Crippen molar-refractivity contribution in [1.82, 2.24) is 5.32 Å². The van der Waals surface area contributed by atoms with Gasteiger partial charge < -0.3 is 15.2 Å². The first-order valence-corrected chi connectivity index (χ1v) is 11.8. The molecule has 2 atom stereocenters. The molecule has 1 heterocycles. The van der Waals surface area contributed by atoms with E-state index >= 15 is 0 Å². The second kappa shape index (κ2) is 12.5. The molecule has 0 fully saturated rings. The Morgan fingerprint density at radius 3 is 2.50 bits per heavy atom. The Morgan fingerprint density at radius 2 is 1.86 bits per heavy atom. The summed E-state index contributed by atoms with van der Waals surface area (Å²) >= 11 is 14.0. The van der Waals surface area contributed by atoms with Crippen molar-refractivity contribution in [3.05, 3.63) is 33.8 Å². The van der Waals surface area contributed by atoms with Gasteiger partial charge in [0.15, 0.2) is 0 Å². The number of rotatable bonds is 12. The lowest BCUT2D eigenvalue weighted by molar-refractivity contribution is 0.191. The van der Waals surface area contributed by atoms with Gasteiger partial charge in [0, 0.05) is 10.0 Å². The third-order valence-corrected chi connectivity index (χ3v) is 5.74. The maximum Gasteiger partial charge on any atom is 0.405 e. The highest BCUT2D eigenvalue weighted by Gasteiger charge is 2.29. The molecule has 1 aliphatic rings. The fraction of sp³-hybridized carbons (Fsp3) is 0.600. The van der Waals surface area contributed by atoms with E-state index in [1.165, 1.54) is 37.9 Å². The number of nitrogens with one attached hydrogen (secondary N) is 1. The predicted molar refractivity (Wildman–Crippen MR) is 118 cm³/mol. The van der Waals surface area contributed by atoms with E-state index in [4.69, 9.17) is 27.9 Å². The summed E-state index contributed by atoms with van der Waals surface area (Å²) in [5, 5.41) is 12.5. The molecule has 1 aliphatic heterocycles. The van der Waals surface area contributed by atoms with Gasteiger partial charge in [-0.2, -0.15) is 11.8 Å². The van der Waals surface area contributed by atoms with Crippen LogP contribution in [0.3, 0.4) is 0 Å². The molecule has 1 aromatic carbocycles. The van der Waals surface area contributed by atoms with E-state index in [9.17, 15) is 9.90 Å². The largest absolute Gasteiger partial charge is 0.477 e. The van der Waals surface area contributed by atoms with E-state index in [0.29, 0.717) is 28.1 Å². The van der Waals surface area contributed by atoms with Gasteiger partial charge in [0.2, 0.25) is 5.90 Å². The average Bonchev–Trinajstić information content (AvgIpc) is 3.09. The van der Waals surface area contributed by atoms with Crippen molar-refractivity contribution in [3.63, 3.8) is 0 Å². The lowest BCUT2D eigenvalue weighted by atomic mass is 10.1. The first kappa shape index (κ1) is 23.2. The highest BCUT2D eigenvalue weighted by Crippen LogP contribution is 2.27. The van der Waals surface area contributed by atoms with E-state index in [1.807, 2.05) is 11.8 Å². The van der Waals surface area contributed by atoms with Crippen molar-refractivity contribution >= 4 is 47.0 Å². The number of nitrogens with zero attached hydrogens (tertiary/aromatic N) is 1. The summed E-state index contributed by atoms with van der Waals surface area (Å²) in [4.78, 5) is 15.9. The smallest absolute Gasteiger partial charge is 0.405 e. The van der Waals surface area contributed by atoms with Crippen LogP contribution >= 0.6 is 35.0 Å². The molecule has 1 amide bonds. The van der Waals surface area contributed by atoms with Crippen LogP contribution in [-0.2, 0) is 4.74 Å². The fourth-order valence-electron chi connectivity index (χ4n) is 3.23. The quantitative estimate of drug-likeness (QED) is 0.375. The second-order valence-corrected chi connectivity index (χ2v) is 8.78. The normalized spacial score (nSPS) is 17.1. The highest BCUT2D eigenvalue weighted by atomic mass is 35.5. The third kappa shape index (κ3) is 8.10. The Labute approximate surface area is 181 Å². The number of hydrogen-bond donors (Lipinski definition) is 2. The van der Waals surface area contributed by atoms with E-state index in [2.05, 4.69) is 16.6 Å². The summed E-state index contributed by atoms with van der Waals surface area (Å²) in [5.41, 5.74) is 0.615. The van der Waals surface area contributed by atoms with Crippen molar-refractivity contribution in [3.8, 4) is 0 Å². The number of aliphatic imine (C=N–C) groups is 1. The van der Waals surface area contributed by atoms with Crippen molar-refractivity contribution < 1.29 is 14.6 Å². The Kier molecular flexibility index (Phi) is 10.3. The number of carboxylic acid groups (broad SMARTS) is 1. The zero-order valence-electron chi connectivity index (χ0n) is 16.1. The number of unbranched alkanes of at least 4 members (excludes halogenated alkanes) is 5. The maximum absolute atomic E-state index is 11.2. The molecule has 0 spiro atoms. The fourth-order valence-corrected chi connectivity index (χ4v) is 4.26. The Bertz CT molecular complexity index is 653. The van der Waals surface area contributed by atoms with Crippen molar-refractivity contribution in [2.45, 2.75) is 57.0 Å². The van der Waals surface area contributed by atoms with Gasteiger partial charge in [-0.1, -0.05) is 55.3 Å². The Balaban J connectivity index is 1.87. The highest BCUT2D eigenvalue weighted by molar-refractivity contribution is 7.98.